The maximum atomic E-state index is 11.1. The van der Waals surface area contributed by atoms with Gasteiger partial charge in [0, 0.05) is 0 Å². The standard InChI is InChI=1S/C14H24O9/c15-6-8-10(19)11(20)12(21)13(22-8)23-14(5-9(17)18)3-1-7(16)2-4-14/h7-8,10-13,15-16,19-21H,1-6H2,(H,17,18)/t7?,8-,10+,11-,12-,13-,14?/m1/s1. The average Bonchev–Trinajstić information content (AvgIpc) is 2.50. The molecule has 9 nitrogen and oxygen atoms in total. The van der Waals surface area contributed by atoms with E-state index in [9.17, 15) is 30.3 Å². The predicted molar refractivity (Wildman–Crippen MR) is 74.3 cm³/mol. The summed E-state index contributed by atoms with van der Waals surface area (Å²) < 4.78 is 11.0. The van der Waals surface area contributed by atoms with Gasteiger partial charge in [0.1, 0.15) is 24.4 Å². The Labute approximate surface area is 133 Å². The van der Waals surface area contributed by atoms with Gasteiger partial charge >= 0.3 is 5.97 Å². The lowest BCUT2D eigenvalue weighted by Gasteiger charge is -2.45. The van der Waals surface area contributed by atoms with Crippen LogP contribution < -0.4 is 0 Å². The van der Waals surface area contributed by atoms with Gasteiger partial charge in [-0.05, 0) is 25.7 Å². The number of carbonyl (C=O) groups is 1. The normalized spacial score (nSPS) is 44.9. The molecule has 1 saturated carbocycles. The summed E-state index contributed by atoms with van der Waals surface area (Å²) in [6.07, 6.45) is -6.80. The fourth-order valence-electron chi connectivity index (χ4n) is 3.15. The van der Waals surface area contributed by atoms with Crippen molar-refractivity contribution in [2.24, 2.45) is 0 Å². The van der Waals surface area contributed by atoms with Gasteiger partial charge in [-0.15, -0.1) is 0 Å². The lowest BCUT2D eigenvalue weighted by atomic mass is 9.80. The van der Waals surface area contributed by atoms with Gasteiger partial charge in [-0.1, -0.05) is 0 Å². The molecule has 0 aromatic rings. The van der Waals surface area contributed by atoms with Crippen LogP contribution in [0.4, 0.5) is 0 Å². The Morgan fingerprint density at radius 2 is 1.70 bits per heavy atom. The van der Waals surface area contributed by atoms with Crippen molar-refractivity contribution in [3.8, 4) is 0 Å². The SMILES string of the molecule is O=C(O)CC1(O[C@H]2O[C@H](CO)[C@H](O)[C@@H](O)[C@H]2O)CCC(O)CC1. The van der Waals surface area contributed by atoms with E-state index in [1.165, 1.54) is 0 Å². The first-order valence-electron chi connectivity index (χ1n) is 7.66. The Kier molecular flexibility index (Phi) is 5.95. The molecule has 5 atom stereocenters. The molecule has 2 aliphatic rings. The fraction of sp³-hybridized carbons (Fsp3) is 0.929. The molecule has 0 aromatic carbocycles. The van der Waals surface area contributed by atoms with Crippen LogP contribution in [0.2, 0.25) is 0 Å². The van der Waals surface area contributed by atoms with Crippen molar-refractivity contribution in [1.29, 1.82) is 0 Å². The number of aliphatic hydroxyl groups excluding tert-OH is 5. The molecule has 2 rings (SSSR count). The Morgan fingerprint density at radius 3 is 2.22 bits per heavy atom. The smallest absolute Gasteiger partial charge is 0.306 e. The van der Waals surface area contributed by atoms with Crippen LogP contribution in [0.3, 0.4) is 0 Å². The first-order chi connectivity index (χ1) is 10.8. The number of carboxylic acid groups (broad SMARTS) is 1. The molecular formula is C14H24O9. The molecule has 2 fully saturated rings. The number of aliphatic hydroxyl groups is 5. The Hall–Kier alpha value is -0.810. The van der Waals surface area contributed by atoms with E-state index in [4.69, 9.17) is 14.6 Å². The molecule has 0 radical (unpaired) electrons. The van der Waals surface area contributed by atoms with Gasteiger partial charge in [-0.25, -0.2) is 0 Å². The summed E-state index contributed by atoms with van der Waals surface area (Å²) >= 11 is 0. The number of aliphatic carboxylic acids is 1. The van der Waals surface area contributed by atoms with Gasteiger partial charge in [0.25, 0.3) is 0 Å². The van der Waals surface area contributed by atoms with Gasteiger partial charge in [0.05, 0.1) is 24.7 Å². The quantitative estimate of drug-likeness (QED) is 0.332. The van der Waals surface area contributed by atoms with Gasteiger partial charge < -0.3 is 40.1 Å². The molecule has 1 aliphatic carbocycles. The van der Waals surface area contributed by atoms with Crippen LogP contribution >= 0.6 is 0 Å². The number of hydrogen-bond donors (Lipinski definition) is 6. The van der Waals surface area contributed by atoms with Crippen molar-refractivity contribution in [3.63, 3.8) is 0 Å². The summed E-state index contributed by atoms with van der Waals surface area (Å²) in [6.45, 7) is -0.588. The van der Waals surface area contributed by atoms with Gasteiger partial charge in [-0.3, -0.25) is 4.79 Å². The monoisotopic (exact) mass is 336 g/mol. The third-order valence-electron chi connectivity index (χ3n) is 4.55. The highest BCUT2D eigenvalue weighted by Crippen LogP contribution is 2.38. The molecule has 1 heterocycles. The zero-order valence-electron chi connectivity index (χ0n) is 12.6. The zero-order chi connectivity index (χ0) is 17.2. The molecule has 0 aromatic heterocycles. The molecule has 9 heteroatoms. The van der Waals surface area contributed by atoms with Gasteiger partial charge in [-0.2, -0.15) is 0 Å². The van der Waals surface area contributed by atoms with Crippen LogP contribution in [0.1, 0.15) is 32.1 Å². The van der Waals surface area contributed by atoms with E-state index >= 15 is 0 Å². The maximum absolute atomic E-state index is 11.1. The third kappa shape index (κ3) is 4.18. The van der Waals surface area contributed by atoms with E-state index in [2.05, 4.69) is 0 Å². The third-order valence-corrected chi connectivity index (χ3v) is 4.55. The Balaban J connectivity index is 2.13. The van der Waals surface area contributed by atoms with Crippen LogP contribution in [0.5, 0.6) is 0 Å². The van der Waals surface area contributed by atoms with Crippen molar-refractivity contribution in [1.82, 2.24) is 0 Å². The van der Waals surface area contributed by atoms with Gasteiger partial charge in [0.15, 0.2) is 6.29 Å². The van der Waals surface area contributed by atoms with Crippen molar-refractivity contribution in [3.05, 3.63) is 0 Å². The molecule has 6 N–H and O–H groups in total. The van der Waals surface area contributed by atoms with Crippen molar-refractivity contribution in [2.45, 2.75) is 74.5 Å². The molecule has 0 unspecified atom stereocenters. The molecular weight excluding hydrogens is 312 g/mol. The molecule has 134 valence electrons. The minimum atomic E-state index is -1.58. The zero-order valence-corrected chi connectivity index (χ0v) is 12.6. The molecule has 1 aliphatic heterocycles. The van der Waals surface area contributed by atoms with Gasteiger partial charge in [0.2, 0.25) is 0 Å². The number of ether oxygens (including phenoxy) is 2. The minimum Gasteiger partial charge on any atom is -0.481 e. The van der Waals surface area contributed by atoms with Crippen molar-refractivity contribution in [2.75, 3.05) is 6.61 Å². The molecule has 23 heavy (non-hydrogen) atoms. The van der Waals surface area contributed by atoms with E-state index < -0.39 is 55.0 Å². The second-order valence-electron chi connectivity index (χ2n) is 6.30. The summed E-state index contributed by atoms with van der Waals surface area (Å²) in [5.41, 5.74) is -1.14. The van der Waals surface area contributed by atoms with Crippen LogP contribution in [0.15, 0.2) is 0 Å². The highest BCUT2D eigenvalue weighted by atomic mass is 16.7. The molecule has 0 spiro atoms. The summed E-state index contributed by atoms with van der Waals surface area (Å²) in [5.74, 6) is -1.09. The second-order valence-corrected chi connectivity index (χ2v) is 6.30. The molecule has 1 saturated heterocycles. The highest BCUT2D eigenvalue weighted by Gasteiger charge is 2.48. The summed E-state index contributed by atoms with van der Waals surface area (Å²) in [4.78, 5) is 11.1. The summed E-state index contributed by atoms with van der Waals surface area (Å²) in [6, 6.07) is 0. The summed E-state index contributed by atoms with van der Waals surface area (Å²) in [7, 11) is 0. The van der Waals surface area contributed by atoms with Crippen LogP contribution in [-0.4, -0.2) is 85.6 Å². The average molecular weight is 336 g/mol. The van der Waals surface area contributed by atoms with Crippen molar-refractivity contribution < 1.29 is 44.9 Å². The first-order valence-corrected chi connectivity index (χ1v) is 7.66. The van der Waals surface area contributed by atoms with E-state index in [1.807, 2.05) is 0 Å². The van der Waals surface area contributed by atoms with E-state index in [0.29, 0.717) is 12.8 Å². The highest BCUT2D eigenvalue weighted by molar-refractivity contribution is 5.68. The minimum absolute atomic E-state index is 0.259. The van der Waals surface area contributed by atoms with E-state index in [0.717, 1.165) is 0 Å². The maximum Gasteiger partial charge on any atom is 0.306 e. The Bertz CT molecular complexity index is 405. The number of rotatable bonds is 5. The largest absolute Gasteiger partial charge is 0.481 e. The fourth-order valence-corrected chi connectivity index (χ4v) is 3.15. The van der Waals surface area contributed by atoms with E-state index in [1.54, 1.807) is 0 Å². The topological polar surface area (TPSA) is 157 Å². The lowest BCUT2D eigenvalue weighted by molar-refractivity contribution is -0.331. The first kappa shape index (κ1) is 18.5. The Morgan fingerprint density at radius 1 is 1.09 bits per heavy atom. The van der Waals surface area contributed by atoms with Crippen molar-refractivity contribution >= 4 is 5.97 Å². The second kappa shape index (κ2) is 7.39. The molecule has 0 bridgehead atoms. The van der Waals surface area contributed by atoms with Crippen LogP contribution in [-0.2, 0) is 14.3 Å². The number of hydrogen-bond acceptors (Lipinski definition) is 8. The van der Waals surface area contributed by atoms with Crippen LogP contribution in [0.25, 0.3) is 0 Å². The van der Waals surface area contributed by atoms with E-state index in [-0.39, 0.29) is 19.3 Å². The molecule has 0 amide bonds. The van der Waals surface area contributed by atoms with Crippen LogP contribution in [0, 0.1) is 0 Å². The lowest BCUT2D eigenvalue weighted by Crippen LogP contribution is -2.61. The number of carboxylic acids is 1. The predicted octanol–water partition coefficient (Wildman–Crippen LogP) is -2.05. The summed E-state index contributed by atoms with van der Waals surface area (Å²) in [5, 5.41) is 57.4.